The highest BCUT2D eigenvalue weighted by molar-refractivity contribution is 5.90. The standard InChI is InChI=1S/C24H20F3N4O2/c1-30(12-13-32)23(33)17-5-2-4-16(14-17)20-8-9-21-22(28-10-11-31(20)21)29-19-7-3-6-18(15-19)24(25,26)27/h2-11,14-15,32H,1,12-13H2,(H,28,29)/q+1. The number of rotatable bonds is 6. The van der Waals surface area contributed by atoms with Crippen molar-refractivity contribution in [2.24, 2.45) is 0 Å². The number of halogens is 3. The first-order valence-electron chi connectivity index (χ1n) is 10.0. The summed E-state index contributed by atoms with van der Waals surface area (Å²) in [5.74, 6) is 0.0718. The number of nitrogens with zero attached hydrogens (tertiary/aromatic N) is 3. The van der Waals surface area contributed by atoms with Gasteiger partial charge in [0.1, 0.15) is 13.3 Å². The lowest BCUT2D eigenvalue weighted by atomic mass is 10.1. The van der Waals surface area contributed by atoms with Crippen LogP contribution in [-0.2, 0) is 6.18 Å². The molecule has 6 nitrogen and oxygen atoms in total. The van der Waals surface area contributed by atoms with Crippen LogP contribution in [0.1, 0.15) is 15.9 Å². The van der Waals surface area contributed by atoms with Gasteiger partial charge >= 0.3 is 12.1 Å². The average molecular weight is 453 g/mol. The third kappa shape index (κ3) is 4.63. The Morgan fingerprint density at radius 2 is 1.91 bits per heavy atom. The van der Waals surface area contributed by atoms with Crippen LogP contribution in [0.25, 0.3) is 16.8 Å². The van der Waals surface area contributed by atoms with Crippen molar-refractivity contribution in [2.75, 3.05) is 18.5 Å². The molecular weight excluding hydrogens is 433 g/mol. The summed E-state index contributed by atoms with van der Waals surface area (Å²) in [6.45, 7) is 3.58. The maximum Gasteiger partial charge on any atom is 0.418 e. The van der Waals surface area contributed by atoms with Crippen LogP contribution < -0.4 is 5.32 Å². The zero-order valence-electron chi connectivity index (χ0n) is 17.4. The molecule has 9 heteroatoms. The lowest BCUT2D eigenvalue weighted by molar-refractivity contribution is -0.423. The van der Waals surface area contributed by atoms with E-state index in [1.165, 1.54) is 16.7 Å². The van der Waals surface area contributed by atoms with Gasteiger partial charge in [-0.05, 0) is 48.0 Å². The van der Waals surface area contributed by atoms with Crippen molar-refractivity contribution in [1.29, 1.82) is 0 Å². The second-order valence-corrected chi connectivity index (χ2v) is 7.33. The smallest absolute Gasteiger partial charge is 0.390 e. The van der Waals surface area contributed by atoms with Crippen LogP contribution in [0.2, 0.25) is 0 Å². The second kappa shape index (κ2) is 8.87. The van der Waals surface area contributed by atoms with E-state index >= 15 is 0 Å². The van der Waals surface area contributed by atoms with Gasteiger partial charge in [0.15, 0.2) is 12.4 Å². The largest absolute Gasteiger partial charge is 0.418 e. The van der Waals surface area contributed by atoms with Gasteiger partial charge in [0.05, 0.1) is 22.3 Å². The lowest BCUT2D eigenvalue weighted by Gasteiger charge is -2.12. The van der Waals surface area contributed by atoms with Gasteiger partial charge in [-0.3, -0.25) is 0 Å². The number of hydrogen-bond acceptors (Lipinski definition) is 4. The molecular formula is C24H20F3N4O2+. The number of nitrogens with one attached hydrogen (secondary N) is 1. The molecule has 0 spiro atoms. The highest BCUT2D eigenvalue weighted by atomic mass is 19.4. The van der Waals surface area contributed by atoms with Gasteiger partial charge in [-0.1, -0.05) is 18.2 Å². The van der Waals surface area contributed by atoms with E-state index in [-0.39, 0.29) is 24.7 Å². The summed E-state index contributed by atoms with van der Waals surface area (Å²) in [6, 6.07) is 15.5. The quantitative estimate of drug-likeness (QED) is 0.331. The van der Waals surface area contributed by atoms with Gasteiger partial charge in [-0.25, -0.2) is 9.78 Å². The number of carbonyl (C=O) groups excluding carboxylic acids is 1. The average Bonchev–Trinajstić information content (AvgIpc) is 3.24. The Morgan fingerprint density at radius 3 is 2.67 bits per heavy atom. The molecule has 0 radical (unpaired) electrons. The number of aliphatic hydroxyl groups excluding tert-OH is 1. The number of amides is 1. The highest BCUT2D eigenvalue weighted by Gasteiger charge is 2.30. The number of carbonyl (C=O) groups is 1. The number of aromatic nitrogens is 2. The summed E-state index contributed by atoms with van der Waals surface area (Å²) in [5.41, 5.74) is 2.11. The Balaban J connectivity index is 1.68. The number of anilines is 2. The number of hydrogen-bond donors (Lipinski definition) is 2. The fourth-order valence-electron chi connectivity index (χ4n) is 3.50. The van der Waals surface area contributed by atoms with Crippen molar-refractivity contribution in [1.82, 2.24) is 9.38 Å². The molecule has 0 aliphatic heterocycles. The van der Waals surface area contributed by atoms with Gasteiger partial charge in [-0.15, -0.1) is 0 Å². The summed E-state index contributed by atoms with van der Waals surface area (Å²) in [5, 5.41) is 12.0. The molecule has 2 N–H and O–H groups in total. The minimum Gasteiger partial charge on any atom is -0.390 e. The lowest BCUT2D eigenvalue weighted by Crippen LogP contribution is -2.22. The van der Waals surface area contributed by atoms with Crippen molar-refractivity contribution in [2.45, 2.75) is 6.18 Å². The van der Waals surface area contributed by atoms with Crippen LogP contribution in [0.15, 0.2) is 73.1 Å². The molecule has 0 saturated heterocycles. The van der Waals surface area contributed by atoms with Crippen LogP contribution in [-0.4, -0.2) is 44.8 Å². The predicted octanol–water partition coefficient (Wildman–Crippen LogP) is 4.61. The summed E-state index contributed by atoms with van der Waals surface area (Å²) in [6.07, 6.45) is -1.17. The summed E-state index contributed by atoms with van der Waals surface area (Å²) < 4.78 is 42.2. The molecule has 1 amide bonds. The van der Waals surface area contributed by atoms with Crippen LogP contribution in [0, 0.1) is 0 Å². The topological polar surface area (TPSA) is 69.6 Å². The molecule has 0 fully saturated rings. The molecule has 4 rings (SSSR count). The van der Waals surface area contributed by atoms with E-state index in [1.54, 1.807) is 36.7 Å². The van der Waals surface area contributed by atoms with Crippen molar-refractivity contribution in [3.63, 3.8) is 0 Å². The monoisotopic (exact) mass is 453 g/mol. The van der Waals surface area contributed by atoms with Crippen molar-refractivity contribution >= 4 is 29.6 Å². The zero-order valence-corrected chi connectivity index (χ0v) is 17.4. The minimum absolute atomic E-state index is 0.118. The van der Waals surface area contributed by atoms with Gasteiger partial charge < -0.3 is 14.8 Å². The van der Waals surface area contributed by atoms with E-state index in [4.69, 9.17) is 5.11 Å². The highest BCUT2D eigenvalue weighted by Crippen LogP contribution is 2.32. The van der Waals surface area contributed by atoms with Gasteiger partial charge in [0, 0.05) is 18.1 Å². The second-order valence-electron chi connectivity index (χ2n) is 7.33. The Bertz CT molecular complexity index is 1350. The number of benzene rings is 2. The maximum absolute atomic E-state index is 13.0. The normalized spacial score (nSPS) is 11.5. The Morgan fingerprint density at radius 1 is 1.12 bits per heavy atom. The first-order valence-corrected chi connectivity index (χ1v) is 10.0. The fraction of sp³-hybridized carbons (Fsp3) is 0.125. The Labute approximate surface area is 187 Å². The molecule has 0 aliphatic carbocycles. The van der Waals surface area contributed by atoms with Crippen LogP contribution in [0.3, 0.4) is 0 Å². The maximum atomic E-state index is 13.0. The predicted molar refractivity (Wildman–Crippen MR) is 119 cm³/mol. The minimum atomic E-state index is -4.44. The van der Waals surface area contributed by atoms with Crippen molar-refractivity contribution < 1.29 is 27.6 Å². The molecule has 0 aliphatic rings. The molecule has 2 heterocycles. The zero-order chi connectivity index (χ0) is 23.6. The van der Waals surface area contributed by atoms with Crippen molar-refractivity contribution in [3.8, 4) is 11.3 Å². The summed E-state index contributed by atoms with van der Waals surface area (Å²) in [7, 11) is 0. The molecule has 168 valence electrons. The first-order chi connectivity index (χ1) is 15.8. The summed E-state index contributed by atoms with van der Waals surface area (Å²) >= 11 is 0. The molecule has 2 aromatic carbocycles. The van der Waals surface area contributed by atoms with E-state index in [9.17, 15) is 18.0 Å². The van der Waals surface area contributed by atoms with E-state index in [2.05, 4.69) is 17.0 Å². The van der Waals surface area contributed by atoms with Crippen LogP contribution >= 0.6 is 0 Å². The molecule has 0 bridgehead atoms. The van der Waals surface area contributed by atoms with E-state index in [0.29, 0.717) is 16.9 Å². The number of alkyl halides is 3. The summed E-state index contributed by atoms with van der Waals surface area (Å²) in [4.78, 5) is 16.8. The van der Waals surface area contributed by atoms with Gasteiger partial charge in [-0.2, -0.15) is 17.7 Å². The van der Waals surface area contributed by atoms with E-state index in [0.717, 1.165) is 23.4 Å². The van der Waals surface area contributed by atoms with Crippen LogP contribution in [0.4, 0.5) is 24.7 Å². The van der Waals surface area contributed by atoms with Crippen LogP contribution in [0.5, 0.6) is 0 Å². The van der Waals surface area contributed by atoms with Gasteiger partial charge in [0.25, 0.3) is 0 Å². The Kier molecular flexibility index (Phi) is 5.97. The SMILES string of the molecule is C=[N+](CCO)C(=O)c1cccc(-c2ccc3c(Nc4cccc(C(F)(F)F)c4)nccn23)c1. The van der Waals surface area contributed by atoms with E-state index < -0.39 is 11.7 Å². The fourth-order valence-corrected chi connectivity index (χ4v) is 3.50. The molecule has 0 saturated carbocycles. The Hall–Kier alpha value is -3.98. The molecule has 0 unspecified atom stereocenters. The molecule has 33 heavy (non-hydrogen) atoms. The van der Waals surface area contributed by atoms with E-state index in [1.807, 2.05) is 16.5 Å². The third-order valence-corrected chi connectivity index (χ3v) is 5.10. The van der Waals surface area contributed by atoms with Crippen molar-refractivity contribution in [3.05, 3.63) is 84.2 Å². The number of fused-ring (bicyclic) bond motifs is 1. The molecule has 2 aromatic heterocycles. The number of aliphatic hydroxyl groups is 1. The van der Waals surface area contributed by atoms with Gasteiger partial charge in [0.2, 0.25) is 0 Å². The first kappa shape index (κ1) is 22.2. The molecule has 0 atom stereocenters. The molecule has 4 aromatic rings. The third-order valence-electron chi connectivity index (χ3n) is 5.10.